The summed E-state index contributed by atoms with van der Waals surface area (Å²) in [5.74, 6) is 0.802. The summed E-state index contributed by atoms with van der Waals surface area (Å²) in [7, 11) is 0. The SMILES string of the molecule is Cc1cc2c(c(C)c1Br)C(=O)CO2. The van der Waals surface area contributed by atoms with Crippen LogP contribution in [0.3, 0.4) is 0 Å². The van der Waals surface area contributed by atoms with Crippen LogP contribution in [0.1, 0.15) is 21.5 Å². The molecule has 68 valence electrons. The molecule has 0 saturated carbocycles. The molecule has 0 aromatic heterocycles. The molecule has 0 atom stereocenters. The zero-order valence-corrected chi connectivity index (χ0v) is 9.06. The van der Waals surface area contributed by atoms with E-state index in [-0.39, 0.29) is 12.4 Å². The number of ether oxygens (including phenoxy) is 1. The van der Waals surface area contributed by atoms with Gasteiger partial charge in [-0.25, -0.2) is 0 Å². The molecular weight excluding hydrogens is 232 g/mol. The van der Waals surface area contributed by atoms with Crippen molar-refractivity contribution in [2.45, 2.75) is 13.8 Å². The molecule has 0 amide bonds. The minimum absolute atomic E-state index is 0.0770. The van der Waals surface area contributed by atoms with Gasteiger partial charge in [0.05, 0.1) is 5.56 Å². The number of hydrogen-bond acceptors (Lipinski definition) is 2. The number of aryl methyl sites for hydroxylation is 1. The van der Waals surface area contributed by atoms with Crippen LogP contribution in [0.4, 0.5) is 0 Å². The standard InChI is InChI=1S/C10H9BrO2/c1-5-3-8-9(6(2)10(5)11)7(12)4-13-8/h3H,4H2,1-2H3. The van der Waals surface area contributed by atoms with E-state index in [1.807, 2.05) is 19.9 Å². The normalized spacial score (nSPS) is 14.2. The molecule has 3 heteroatoms. The number of benzene rings is 1. The number of rotatable bonds is 0. The van der Waals surface area contributed by atoms with E-state index in [1.54, 1.807) is 0 Å². The summed E-state index contributed by atoms with van der Waals surface area (Å²) in [6.45, 7) is 4.11. The van der Waals surface area contributed by atoms with Crippen molar-refractivity contribution in [2.24, 2.45) is 0 Å². The van der Waals surface area contributed by atoms with Crippen LogP contribution in [0.25, 0.3) is 0 Å². The van der Waals surface area contributed by atoms with E-state index in [0.29, 0.717) is 0 Å². The van der Waals surface area contributed by atoms with Crippen molar-refractivity contribution in [1.29, 1.82) is 0 Å². The first kappa shape index (κ1) is 8.75. The maximum atomic E-state index is 11.4. The number of halogens is 1. The Morgan fingerprint density at radius 3 is 2.85 bits per heavy atom. The monoisotopic (exact) mass is 240 g/mol. The summed E-state index contributed by atoms with van der Waals surface area (Å²) in [5.41, 5.74) is 2.82. The second kappa shape index (κ2) is 2.84. The highest BCUT2D eigenvalue weighted by Crippen LogP contribution is 2.35. The van der Waals surface area contributed by atoms with Crippen molar-refractivity contribution in [3.05, 3.63) is 27.2 Å². The maximum absolute atomic E-state index is 11.4. The molecule has 0 unspecified atom stereocenters. The van der Waals surface area contributed by atoms with E-state index in [0.717, 1.165) is 26.9 Å². The lowest BCUT2D eigenvalue weighted by molar-refractivity contribution is 0.0960. The van der Waals surface area contributed by atoms with Crippen molar-refractivity contribution in [1.82, 2.24) is 0 Å². The van der Waals surface area contributed by atoms with E-state index in [9.17, 15) is 4.79 Å². The van der Waals surface area contributed by atoms with Crippen LogP contribution in [-0.4, -0.2) is 12.4 Å². The molecule has 0 N–H and O–H groups in total. The summed E-state index contributed by atoms with van der Waals surface area (Å²) in [6, 6.07) is 1.90. The van der Waals surface area contributed by atoms with Crippen LogP contribution in [0, 0.1) is 13.8 Å². The van der Waals surface area contributed by atoms with E-state index in [4.69, 9.17) is 4.74 Å². The van der Waals surface area contributed by atoms with Gasteiger partial charge >= 0.3 is 0 Å². The van der Waals surface area contributed by atoms with Crippen molar-refractivity contribution in [3.8, 4) is 5.75 Å². The zero-order chi connectivity index (χ0) is 9.59. The van der Waals surface area contributed by atoms with Crippen LogP contribution in [-0.2, 0) is 0 Å². The minimum Gasteiger partial charge on any atom is -0.485 e. The number of ketones is 1. The van der Waals surface area contributed by atoms with E-state index >= 15 is 0 Å². The third kappa shape index (κ3) is 1.18. The Balaban J connectivity index is 2.75. The van der Waals surface area contributed by atoms with E-state index in [1.165, 1.54) is 0 Å². The second-order valence-corrected chi connectivity index (χ2v) is 4.01. The number of hydrogen-bond donors (Lipinski definition) is 0. The molecule has 13 heavy (non-hydrogen) atoms. The quantitative estimate of drug-likeness (QED) is 0.697. The van der Waals surface area contributed by atoms with Crippen LogP contribution in [0.15, 0.2) is 10.5 Å². The minimum atomic E-state index is 0.0770. The molecule has 0 bridgehead atoms. The summed E-state index contributed by atoms with van der Waals surface area (Å²) in [6.07, 6.45) is 0. The lowest BCUT2D eigenvalue weighted by atomic mass is 10.0. The third-order valence-corrected chi connectivity index (χ3v) is 3.50. The van der Waals surface area contributed by atoms with Crippen molar-refractivity contribution in [2.75, 3.05) is 6.61 Å². The molecule has 2 rings (SSSR count). The Morgan fingerprint density at radius 1 is 1.46 bits per heavy atom. The second-order valence-electron chi connectivity index (χ2n) is 3.22. The summed E-state index contributed by atoms with van der Waals surface area (Å²) in [5, 5.41) is 0. The van der Waals surface area contributed by atoms with Gasteiger partial charge in [-0.3, -0.25) is 4.79 Å². The van der Waals surface area contributed by atoms with Gasteiger partial charge in [0.2, 0.25) is 5.78 Å². The van der Waals surface area contributed by atoms with Gasteiger partial charge in [0.15, 0.2) is 6.61 Å². The van der Waals surface area contributed by atoms with Crippen LogP contribution < -0.4 is 4.74 Å². The first-order valence-electron chi connectivity index (χ1n) is 4.07. The largest absolute Gasteiger partial charge is 0.485 e. The average molecular weight is 241 g/mol. The number of Topliss-reactive ketones (excluding diaryl/α,β-unsaturated/α-hetero) is 1. The summed E-state index contributed by atoms with van der Waals surface area (Å²) >= 11 is 3.45. The lowest BCUT2D eigenvalue weighted by Gasteiger charge is -2.06. The molecule has 1 aromatic rings. The summed E-state index contributed by atoms with van der Waals surface area (Å²) in [4.78, 5) is 11.4. The lowest BCUT2D eigenvalue weighted by Crippen LogP contribution is -2.00. The highest BCUT2D eigenvalue weighted by atomic mass is 79.9. The highest BCUT2D eigenvalue weighted by Gasteiger charge is 2.25. The van der Waals surface area contributed by atoms with Gasteiger partial charge in [-0.15, -0.1) is 0 Å². The van der Waals surface area contributed by atoms with Crippen LogP contribution in [0.2, 0.25) is 0 Å². The van der Waals surface area contributed by atoms with Gasteiger partial charge < -0.3 is 4.74 Å². The van der Waals surface area contributed by atoms with E-state index in [2.05, 4.69) is 15.9 Å². The molecule has 1 aliphatic rings. The highest BCUT2D eigenvalue weighted by molar-refractivity contribution is 9.10. The molecular formula is C10H9BrO2. The molecule has 1 aliphatic heterocycles. The predicted molar refractivity (Wildman–Crippen MR) is 53.4 cm³/mol. The molecule has 1 aromatic carbocycles. The molecule has 0 fully saturated rings. The van der Waals surface area contributed by atoms with Gasteiger partial charge in [-0.05, 0) is 31.0 Å². The Bertz CT molecular complexity index is 396. The molecule has 0 radical (unpaired) electrons. The third-order valence-electron chi connectivity index (χ3n) is 2.28. The van der Waals surface area contributed by atoms with E-state index < -0.39 is 0 Å². The van der Waals surface area contributed by atoms with Gasteiger partial charge in [-0.2, -0.15) is 0 Å². The Morgan fingerprint density at radius 2 is 2.15 bits per heavy atom. The van der Waals surface area contributed by atoms with Crippen LogP contribution >= 0.6 is 15.9 Å². The fraction of sp³-hybridized carbons (Fsp3) is 0.300. The first-order chi connectivity index (χ1) is 6.11. The summed E-state index contributed by atoms with van der Waals surface area (Å²) < 4.78 is 6.26. The smallest absolute Gasteiger partial charge is 0.204 e. The molecule has 2 nitrogen and oxygen atoms in total. The first-order valence-corrected chi connectivity index (χ1v) is 4.86. The fourth-order valence-electron chi connectivity index (χ4n) is 1.60. The van der Waals surface area contributed by atoms with Gasteiger partial charge in [0.25, 0.3) is 0 Å². The number of carbonyl (C=O) groups excluding carboxylic acids is 1. The van der Waals surface area contributed by atoms with Crippen LogP contribution in [0.5, 0.6) is 5.75 Å². The van der Waals surface area contributed by atoms with Crippen molar-refractivity contribution >= 4 is 21.7 Å². The Kier molecular flexibility index (Phi) is 1.91. The molecule has 0 aliphatic carbocycles. The predicted octanol–water partition coefficient (Wildman–Crippen LogP) is 2.64. The molecule has 0 saturated heterocycles. The zero-order valence-electron chi connectivity index (χ0n) is 7.48. The van der Waals surface area contributed by atoms with Crippen molar-refractivity contribution in [3.63, 3.8) is 0 Å². The fourth-order valence-corrected chi connectivity index (χ4v) is 1.91. The molecule has 1 heterocycles. The molecule has 0 spiro atoms. The average Bonchev–Trinajstić information content (AvgIpc) is 2.43. The van der Waals surface area contributed by atoms with Gasteiger partial charge in [0, 0.05) is 4.47 Å². The van der Waals surface area contributed by atoms with Crippen molar-refractivity contribution < 1.29 is 9.53 Å². The topological polar surface area (TPSA) is 26.3 Å². The van der Waals surface area contributed by atoms with Gasteiger partial charge in [0.1, 0.15) is 5.75 Å². The van der Waals surface area contributed by atoms with Gasteiger partial charge in [-0.1, -0.05) is 15.9 Å². The Hall–Kier alpha value is -0.830. The number of fused-ring (bicyclic) bond motifs is 1. The number of carbonyl (C=O) groups is 1. The Labute approximate surface area is 85.0 Å². The maximum Gasteiger partial charge on any atom is 0.204 e.